The summed E-state index contributed by atoms with van der Waals surface area (Å²) in [6.07, 6.45) is 30.0. The van der Waals surface area contributed by atoms with Crippen molar-refractivity contribution >= 4 is 0 Å². The van der Waals surface area contributed by atoms with Gasteiger partial charge in [0.1, 0.15) is 0 Å². The van der Waals surface area contributed by atoms with E-state index in [1.165, 1.54) is 148 Å². The van der Waals surface area contributed by atoms with Gasteiger partial charge < -0.3 is 0 Å². The molecule has 1 heteroatoms. The molecule has 0 aliphatic heterocycles. The van der Waals surface area contributed by atoms with Gasteiger partial charge in [-0.2, -0.15) is 0 Å². The highest BCUT2D eigenvalue weighted by molar-refractivity contribution is 4.80. The van der Waals surface area contributed by atoms with Crippen molar-refractivity contribution in [3.8, 4) is 0 Å². The first-order valence-electron chi connectivity index (χ1n) is 14.3. The number of unbranched alkanes of at least 4 members (excludes halogenated alkanes) is 18. The molecule has 182 valence electrons. The van der Waals surface area contributed by atoms with Crippen molar-refractivity contribution in [2.24, 2.45) is 0 Å². The normalized spacial score (nSPS) is 12.2. The molecule has 0 rings (SSSR count). The molecule has 0 aromatic rings. The molecule has 0 saturated heterocycles. The van der Waals surface area contributed by atoms with Gasteiger partial charge in [-0.1, -0.05) is 136 Å². The van der Waals surface area contributed by atoms with Gasteiger partial charge in [0.05, 0.1) is 0 Å². The van der Waals surface area contributed by atoms with Gasteiger partial charge in [-0.3, -0.25) is 4.90 Å². The number of nitrogens with zero attached hydrogens (tertiary/aromatic N) is 1. The van der Waals surface area contributed by atoms with E-state index < -0.39 is 0 Å². The van der Waals surface area contributed by atoms with E-state index in [4.69, 9.17) is 0 Å². The average Bonchev–Trinajstić information content (AvgIpc) is 2.74. The summed E-state index contributed by atoms with van der Waals surface area (Å²) >= 11 is 0. The SMILES string of the molecule is CCCCCCCCCCCCN(CCCCCCCCCCCC)C(C)(C)CC. The van der Waals surface area contributed by atoms with Crippen LogP contribution in [0.2, 0.25) is 0 Å². The van der Waals surface area contributed by atoms with E-state index in [0.29, 0.717) is 5.54 Å². The third-order valence-electron chi connectivity index (χ3n) is 7.28. The molecule has 0 aromatic carbocycles. The molecule has 0 bridgehead atoms. The first-order chi connectivity index (χ1) is 14.6. The predicted octanol–water partition coefficient (Wildman–Crippen LogP) is 10.3. The molecule has 1 nitrogen and oxygen atoms in total. The van der Waals surface area contributed by atoms with E-state index in [1.54, 1.807) is 0 Å². The number of hydrogen-bond donors (Lipinski definition) is 0. The summed E-state index contributed by atoms with van der Waals surface area (Å²) in [5.74, 6) is 0. The van der Waals surface area contributed by atoms with Crippen LogP contribution >= 0.6 is 0 Å². The molecular weight excluding hydrogens is 362 g/mol. The smallest absolute Gasteiger partial charge is 0.0150 e. The Hall–Kier alpha value is -0.0400. The Bertz CT molecular complexity index is 298. The van der Waals surface area contributed by atoms with Gasteiger partial charge in [0.2, 0.25) is 0 Å². The summed E-state index contributed by atoms with van der Waals surface area (Å²) in [5, 5.41) is 0. The van der Waals surface area contributed by atoms with Crippen LogP contribution in [-0.4, -0.2) is 23.5 Å². The van der Waals surface area contributed by atoms with Crippen molar-refractivity contribution in [2.75, 3.05) is 13.1 Å². The Morgan fingerprint density at radius 3 is 0.933 bits per heavy atom. The molecule has 0 atom stereocenters. The minimum atomic E-state index is 0.374. The van der Waals surface area contributed by atoms with Crippen LogP contribution in [0.25, 0.3) is 0 Å². The summed E-state index contributed by atoms with van der Waals surface area (Å²) in [7, 11) is 0. The molecule has 30 heavy (non-hydrogen) atoms. The van der Waals surface area contributed by atoms with E-state index >= 15 is 0 Å². The summed E-state index contributed by atoms with van der Waals surface area (Å²) in [6, 6.07) is 0. The molecule has 0 aliphatic carbocycles. The fraction of sp³-hybridized carbons (Fsp3) is 1.00. The maximum Gasteiger partial charge on any atom is 0.0150 e. The molecule has 0 fully saturated rings. The van der Waals surface area contributed by atoms with E-state index in [2.05, 4.69) is 39.5 Å². The number of hydrogen-bond acceptors (Lipinski definition) is 1. The molecule has 0 aromatic heterocycles. The molecule has 0 heterocycles. The predicted molar refractivity (Wildman–Crippen MR) is 140 cm³/mol. The van der Waals surface area contributed by atoms with E-state index in [9.17, 15) is 0 Å². The third kappa shape index (κ3) is 18.7. The van der Waals surface area contributed by atoms with Crippen LogP contribution in [-0.2, 0) is 0 Å². The topological polar surface area (TPSA) is 3.24 Å². The summed E-state index contributed by atoms with van der Waals surface area (Å²) in [5.41, 5.74) is 0.374. The zero-order chi connectivity index (χ0) is 22.3. The van der Waals surface area contributed by atoms with Crippen molar-refractivity contribution in [2.45, 2.75) is 175 Å². The second-order valence-electron chi connectivity index (χ2n) is 10.5. The third-order valence-corrected chi connectivity index (χ3v) is 7.28. The highest BCUT2D eigenvalue weighted by atomic mass is 15.2. The van der Waals surface area contributed by atoms with Crippen molar-refractivity contribution in [1.82, 2.24) is 4.90 Å². The van der Waals surface area contributed by atoms with Crippen molar-refractivity contribution in [3.63, 3.8) is 0 Å². The maximum absolute atomic E-state index is 2.81. The van der Waals surface area contributed by atoms with Gasteiger partial charge >= 0.3 is 0 Å². The number of rotatable bonds is 24. The molecule has 0 saturated carbocycles. The lowest BCUT2D eigenvalue weighted by atomic mass is 9.97. The Morgan fingerprint density at radius 1 is 0.400 bits per heavy atom. The van der Waals surface area contributed by atoms with Gasteiger partial charge in [-0.15, -0.1) is 0 Å². The second-order valence-corrected chi connectivity index (χ2v) is 10.5. The maximum atomic E-state index is 2.81. The van der Waals surface area contributed by atoms with Crippen LogP contribution < -0.4 is 0 Å². The van der Waals surface area contributed by atoms with Crippen LogP contribution in [0, 0.1) is 0 Å². The monoisotopic (exact) mass is 423 g/mol. The van der Waals surface area contributed by atoms with E-state index in [-0.39, 0.29) is 0 Å². The minimum Gasteiger partial charge on any atom is -0.298 e. The summed E-state index contributed by atoms with van der Waals surface area (Å²) in [4.78, 5) is 2.81. The highest BCUT2D eigenvalue weighted by Crippen LogP contribution is 2.21. The average molecular weight is 424 g/mol. The molecular formula is C29H61N. The Morgan fingerprint density at radius 2 is 0.667 bits per heavy atom. The Balaban J connectivity index is 3.75. The fourth-order valence-electron chi connectivity index (χ4n) is 4.52. The van der Waals surface area contributed by atoms with Crippen LogP contribution in [0.5, 0.6) is 0 Å². The van der Waals surface area contributed by atoms with Gasteiger partial charge in [-0.25, -0.2) is 0 Å². The lowest BCUT2D eigenvalue weighted by molar-refractivity contribution is 0.110. The fourth-order valence-corrected chi connectivity index (χ4v) is 4.52. The summed E-state index contributed by atoms with van der Waals surface area (Å²) < 4.78 is 0. The molecule has 0 spiro atoms. The lowest BCUT2D eigenvalue weighted by Crippen LogP contribution is -2.44. The molecule has 0 radical (unpaired) electrons. The van der Waals surface area contributed by atoms with Gasteiger partial charge in [0.25, 0.3) is 0 Å². The summed E-state index contributed by atoms with van der Waals surface area (Å²) in [6.45, 7) is 14.5. The second kappa shape index (κ2) is 22.2. The van der Waals surface area contributed by atoms with E-state index in [1.807, 2.05) is 0 Å². The standard InChI is InChI=1S/C29H61N/c1-6-9-11-13-15-17-19-21-23-25-27-30(29(4,5)8-3)28-26-24-22-20-18-16-14-12-10-7-2/h6-28H2,1-5H3. The minimum absolute atomic E-state index is 0.374. The van der Waals surface area contributed by atoms with Crippen LogP contribution in [0.3, 0.4) is 0 Å². The highest BCUT2D eigenvalue weighted by Gasteiger charge is 2.23. The van der Waals surface area contributed by atoms with Gasteiger partial charge in [0, 0.05) is 5.54 Å². The van der Waals surface area contributed by atoms with Gasteiger partial charge in [-0.05, 0) is 46.2 Å². The zero-order valence-corrected chi connectivity index (χ0v) is 22.2. The largest absolute Gasteiger partial charge is 0.298 e. The zero-order valence-electron chi connectivity index (χ0n) is 22.2. The van der Waals surface area contributed by atoms with Crippen molar-refractivity contribution < 1.29 is 0 Å². The quantitative estimate of drug-likeness (QED) is 0.139. The van der Waals surface area contributed by atoms with Gasteiger partial charge in [0.15, 0.2) is 0 Å². The Labute approximate surface area is 193 Å². The van der Waals surface area contributed by atoms with Crippen LogP contribution in [0.15, 0.2) is 0 Å². The Kier molecular flexibility index (Phi) is 22.1. The molecule has 0 amide bonds. The molecule has 0 unspecified atom stereocenters. The van der Waals surface area contributed by atoms with Crippen LogP contribution in [0.4, 0.5) is 0 Å². The van der Waals surface area contributed by atoms with Crippen molar-refractivity contribution in [3.05, 3.63) is 0 Å². The lowest BCUT2D eigenvalue weighted by Gasteiger charge is -2.38. The molecule has 0 N–H and O–H groups in total. The first kappa shape index (κ1) is 30.0. The van der Waals surface area contributed by atoms with Crippen molar-refractivity contribution in [1.29, 1.82) is 0 Å². The van der Waals surface area contributed by atoms with E-state index in [0.717, 1.165) is 0 Å². The van der Waals surface area contributed by atoms with Crippen LogP contribution in [0.1, 0.15) is 169 Å². The first-order valence-corrected chi connectivity index (χ1v) is 14.3. The molecule has 0 aliphatic rings.